The van der Waals surface area contributed by atoms with Crippen molar-refractivity contribution in [3.63, 3.8) is 0 Å². The number of benzene rings is 1. The highest BCUT2D eigenvalue weighted by molar-refractivity contribution is 6.31. The standard InChI is InChI=1S/C19H27ClN2O2/c1-14-16(20)10-6-11-17(14)22-19(24)13-21-18(23)12-5-9-15-7-3-2-4-8-15/h6,10-11,15H,2-5,7-9,12-13H2,1H3,(H,21,23)(H,22,24). The molecule has 1 fully saturated rings. The fourth-order valence-electron chi connectivity index (χ4n) is 3.23. The Labute approximate surface area is 149 Å². The van der Waals surface area contributed by atoms with E-state index in [1.807, 2.05) is 6.92 Å². The third-order valence-electron chi connectivity index (χ3n) is 4.73. The third kappa shape index (κ3) is 6.16. The number of rotatable bonds is 7. The van der Waals surface area contributed by atoms with Crippen molar-refractivity contribution >= 4 is 29.1 Å². The molecular weight excluding hydrogens is 324 g/mol. The average Bonchev–Trinajstić information content (AvgIpc) is 2.58. The van der Waals surface area contributed by atoms with Gasteiger partial charge in [-0.1, -0.05) is 49.8 Å². The highest BCUT2D eigenvalue weighted by atomic mass is 35.5. The molecule has 2 N–H and O–H groups in total. The van der Waals surface area contributed by atoms with Crippen LogP contribution in [-0.4, -0.2) is 18.4 Å². The molecule has 0 saturated heterocycles. The van der Waals surface area contributed by atoms with Gasteiger partial charge in [0.15, 0.2) is 0 Å². The normalized spacial score (nSPS) is 15.1. The first-order valence-corrected chi connectivity index (χ1v) is 9.25. The number of anilines is 1. The summed E-state index contributed by atoms with van der Waals surface area (Å²) < 4.78 is 0. The highest BCUT2D eigenvalue weighted by Gasteiger charge is 2.14. The zero-order chi connectivity index (χ0) is 17.4. The molecule has 0 spiro atoms. The molecule has 2 amide bonds. The van der Waals surface area contributed by atoms with Crippen molar-refractivity contribution in [1.29, 1.82) is 0 Å². The van der Waals surface area contributed by atoms with Gasteiger partial charge in [-0.3, -0.25) is 9.59 Å². The van der Waals surface area contributed by atoms with Crippen LogP contribution in [-0.2, 0) is 9.59 Å². The van der Waals surface area contributed by atoms with Gasteiger partial charge in [-0.25, -0.2) is 0 Å². The van der Waals surface area contributed by atoms with Gasteiger partial charge in [0.2, 0.25) is 11.8 Å². The summed E-state index contributed by atoms with van der Waals surface area (Å²) in [4.78, 5) is 23.8. The van der Waals surface area contributed by atoms with Crippen LogP contribution in [0.2, 0.25) is 5.02 Å². The Morgan fingerprint density at radius 2 is 1.92 bits per heavy atom. The Morgan fingerprint density at radius 3 is 2.67 bits per heavy atom. The predicted octanol–water partition coefficient (Wildman–Crippen LogP) is 4.45. The number of hydrogen-bond donors (Lipinski definition) is 2. The van der Waals surface area contributed by atoms with Crippen molar-refractivity contribution in [2.75, 3.05) is 11.9 Å². The molecule has 0 heterocycles. The Morgan fingerprint density at radius 1 is 1.17 bits per heavy atom. The van der Waals surface area contributed by atoms with Crippen molar-refractivity contribution < 1.29 is 9.59 Å². The van der Waals surface area contributed by atoms with Gasteiger partial charge in [-0.2, -0.15) is 0 Å². The number of carbonyl (C=O) groups excluding carboxylic acids is 2. The van der Waals surface area contributed by atoms with Gasteiger partial charge in [0.1, 0.15) is 0 Å². The lowest BCUT2D eigenvalue weighted by Crippen LogP contribution is -2.32. The highest BCUT2D eigenvalue weighted by Crippen LogP contribution is 2.27. The lowest BCUT2D eigenvalue weighted by Gasteiger charge is -2.21. The molecule has 0 aliphatic heterocycles. The summed E-state index contributed by atoms with van der Waals surface area (Å²) in [5.74, 6) is 0.505. The van der Waals surface area contributed by atoms with Crippen LogP contribution in [0.1, 0.15) is 56.9 Å². The second kappa shape index (κ2) is 9.67. The van der Waals surface area contributed by atoms with Gasteiger partial charge in [-0.05, 0) is 43.4 Å². The number of amides is 2. The van der Waals surface area contributed by atoms with Gasteiger partial charge in [0, 0.05) is 17.1 Å². The van der Waals surface area contributed by atoms with Crippen LogP contribution >= 0.6 is 11.6 Å². The Bertz CT molecular complexity index is 568. The van der Waals surface area contributed by atoms with E-state index in [9.17, 15) is 9.59 Å². The monoisotopic (exact) mass is 350 g/mol. The van der Waals surface area contributed by atoms with E-state index in [0.29, 0.717) is 17.1 Å². The molecule has 132 valence electrons. The van der Waals surface area contributed by atoms with Crippen molar-refractivity contribution in [3.05, 3.63) is 28.8 Å². The lowest BCUT2D eigenvalue weighted by atomic mass is 9.86. The molecule has 1 saturated carbocycles. The summed E-state index contributed by atoms with van der Waals surface area (Å²) in [5.41, 5.74) is 1.50. The Balaban J connectivity index is 1.63. The molecule has 1 aliphatic carbocycles. The van der Waals surface area contributed by atoms with Crippen LogP contribution in [0.3, 0.4) is 0 Å². The van der Waals surface area contributed by atoms with Crippen molar-refractivity contribution in [2.24, 2.45) is 5.92 Å². The largest absolute Gasteiger partial charge is 0.347 e. The first kappa shape index (κ1) is 18.8. The summed E-state index contributed by atoms with van der Waals surface area (Å²) in [5, 5.41) is 6.08. The average molecular weight is 351 g/mol. The number of carbonyl (C=O) groups is 2. The van der Waals surface area contributed by atoms with E-state index >= 15 is 0 Å². The fraction of sp³-hybridized carbons (Fsp3) is 0.579. The minimum atomic E-state index is -0.235. The molecule has 1 aromatic rings. The molecule has 0 atom stereocenters. The zero-order valence-corrected chi connectivity index (χ0v) is 15.1. The van der Waals surface area contributed by atoms with Crippen molar-refractivity contribution in [3.8, 4) is 0 Å². The summed E-state index contributed by atoms with van der Waals surface area (Å²) in [6.07, 6.45) is 9.18. The predicted molar refractivity (Wildman–Crippen MR) is 98.3 cm³/mol. The first-order valence-electron chi connectivity index (χ1n) is 8.88. The molecule has 24 heavy (non-hydrogen) atoms. The van der Waals surface area contributed by atoms with E-state index in [0.717, 1.165) is 24.3 Å². The van der Waals surface area contributed by atoms with Crippen LogP contribution in [0.4, 0.5) is 5.69 Å². The van der Waals surface area contributed by atoms with Gasteiger partial charge >= 0.3 is 0 Å². The van der Waals surface area contributed by atoms with Crippen molar-refractivity contribution in [2.45, 2.75) is 58.3 Å². The number of hydrogen-bond acceptors (Lipinski definition) is 2. The summed E-state index contributed by atoms with van der Waals surface area (Å²) in [6, 6.07) is 5.36. The van der Waals surface area contributed by atoms with Gasteiger partial charge in [0.25, 0.3) is 0 Å². The summed E-state index contributed by atoms with van der Waals surface area (Å²) >= 11 is 6.02. The number of halogens is 1. The smallest absolute Gasteiger partial charge is 0.243 e. The Hall–Kier alpha value is -1.55. The maximum absolute atomic E-state index is 11.9. The molecule has 0 unspecified atom stereocenters. The molecule has 0 radical (unpaired) electrons. The van der Waals surface area contributed by atoms with Crippen LogP contribution < -0.4 is 10.6 Å². The maximum atomic E-state index is 11.9. The van der Waals surface area contributed by atoms with Gasteiger partial charge < -0.3 is 10.6 Å². The molecule has 1 aromatic carbocycles. The second-order valence-corrected chi connectivity index (χ2v) is 7.04. The molecule has 4 nitrogen and oxygen atoms in total. The summed E-state index contributed by atoms with van der Waals surface area (Å²) in [7, 11) is 0. The topological polar surface area (TPSA) is 58.2 Å². The van der Waals surface area contributed by atoms with Crippen LogP contribution in [0.15, 0.2) is 18.2 Å². The molecule has 2 rings (SSSR count). The minimum absolute atomic E-state index is 0.00574. The summed E-state index contributed by atoms with van der Waals surface area (Å²) in [6.45, 7) is 1.84. The van der Waals surface area contributed by atoms with E-state index < -0.39 is 0 Å². The molecule has 0 bridgehead atoms. The molecule has 5 heteroatoms. The van der Waals surface area contributed by atoms with E-state index in [2.05, 4.69) is 10.6 Å². The van der Waals surface area contributed by atoms with Crippen molar-refractivity contribution in [1.82, 2.24) is 5.32 Å². The zero-order valence-electron chi connectivity index (χ0n) is 14.4. The molecule has 0 aromatic heterocycles. The molecular formula is C19H27ClN2O2. The van der Waals surface area contributed by atoms with E-state index in [-0.39, 0.29) is 18.4 Å². The van der Waals surface area contributed by atoms with Crippen LogP contribution in [0, 0.1) is 12.8 Å². The van der Waals surface area contributed by atoms with E-state index in [1.54, 1.807) is 18.2 Å². The van der Waals surface area contributed by atoms with Crippen LogP contribution in [0.5, 0.6) is 0 Å². The molecule has 1 aliphatic rings. The second-order valence-electron chi connectivity index (χ2n) is 6.63. The van der Waals surface area contributed by atoms with Gasteiger partial charge in [0.05, 0.1) is 6.54 Å². The number of nitrogens with one attached hydrogen (secondary N) is 2. The quantitative estimate of drug-likeness (QED) is 0.763. The third-order valence-corrected chi connectivity index (χ3v) is 5.14. The van der Waals surface area contributed by atoms with E-state index in [4.69, 9.17) is 11.6 Å². The van der Waals surface area contributed by atoms with E-state index in [1.165, 1.54) is 32.1 Å². The first-order chi connectivity index (χ1) is 11.6. The van der Waals surface area contributed by atoms with Gasteiger partial charge in [-0.15, -0.1) is 0 Å². The lowest BCUT2D eigenvalue weighted by molar-refractivity contribution is -0.124. The van der Waals surface area contributed by atoms with Crippen LogP contribution in [0.25, 0.3) is 0 Å². The Kier molecular flexibility index (Phi) is 7.57. The minimum Gasteiger partial charge on any atom is -0.347 e. The maximum Gasteiger partial charge on any atom is 0.243 e. The fourth-order valence-corrected chi connectivity index (χ4v) is 3.41. The SMILES string of the molecule is Cc1c(Cl)cccc1NC(=O)CNC(=O)CCCC1CCCCC1.